The first-order valence-electron chi connectivity index (χ1n) is 8.15. The monoisotopic (exact) mass is 316 g/mol. The van der Waals surface area contributed by atoms with Crippen LogP contribution in [0.4, 0.5) is 0 Å². The zero-order chi connectivity index (χ0) is 14.8. The van der Waals surface area contributed by atoms with Crippen LogP contribution in [0.2, 0.25) is 0 Å². The number of likely N-dealkylation sites (N-methyl/N-ethyl adjacent to an activating group) is 1. The predicted molar refractivity (Wildman–Crippen MR) is 91.0 cm³/mol. The first-order chi connectivity index (χ1) is 9.46. The maximum Gasteiger partial charge on any atom is 0.251 e. The molecular formula is C16H32N2O2S. The molecule has 0 aromatic heterocycles. The van der Waals surface area contributed by atoms with Gasteiger partial charge in [0, 0.05) is 26.2 Å². The van der Waals surface area contributed by atoms with Crippen LogP contribution in [-0.2, 0) is 9.53 Å². The molecule has 0 aromatic rings. The van der Waals surface area contributed by atoms with Gasteiger partial charge in [-0.25, -0.2) is 0 Å². The van der Waals surface area contributed by atoms with Gasteiger partial charge in [-0.1, -0.05) is 13.8 Å². The summed E-state index contributed by atoms with van der Waals surface area (Å²) < 4.78 is 6.12. The van der Waals surface area contributed by atoms with Crippen LogP contribution in [-0.4, -0.2) is 60.1 Å². The highest BCUT2D eigenvalue weighted by Crippen LogP contribution is 2.32. The smallest absolute Gasteiger partial charge is 0.251 e. The Morgan fingerprint density at radius 2 is 1.95 bits per heavy atom. The number of carbonyl (C=O) groups is 1. The Morgan fingerprint density at radius 3 is 2.48 bits per heavy atom. The van der Waals surface area contributed by atoms with Crippen LogP contribution in [0, 0.1) is 5.92 Å². The van der Waals surface area contributed by atoms with Crippen molar-refractivity contribution < 1.29 is 9.53 Å². The van der Waals surface area contributed by atoms with Gasteiger partial charge in [0.2, 0.25) is 0 Å². The molecule has 2 aliphatic heterocycles. The van der Waals surface area contributed by atoms with Crippen molar-refractivity contribution in [3.05, 3.63) is 0 Å². The fourth-order valence-corrected chi connectivity index (χ4v) is 3.31. The number of ether oxygens (including phenoxy) is 1. The van der Waals surface area contributed by atoms with E-state index in [0.29, 0.717) is 0 Å². The third-order valence-electron chi connectivity index (χ3n) is 4.74. The van der Waals surface area contributed by atoms with Crippen molar-refractivity contribution >= 4 is 19.4 Å². The maximum atomic E-state index is 12.0. The van der Waals surface area contributed by atoms with Crippen LogP contribution in [0.5, 0.6) is 0 Å². The molecule has 0 bridgehead atoms. The molecule has 1 amide bonds. The number of nitrogens with zero attached hydrogens (tertiary/aromatic N) is 2. The summed E-state index contributed by atoms with van der Waals surface area (Å²) in [7, 11) is 0. The second-order valence-electron chi connectivity index (χ2n) is 6.82. The van der Waals surface area contributed by atoms with Gasteiger partial charge in [-0.3, -0.25) is 4.79 Å². The number of likely N-dealkylation sites (tertiary alicyclic amines) is 1. The molecule has 0 radical (unpaired) electrons. The molecule has 1 atom stereocenters. The minimum atomic E-state index is -0.272. The summed E-state index contributed by atoms with van der Waals surface area (Å²) in [5, 5.41) is 0. The molecule has 0 aromatic carbocycles. The summed E-state index contributed by atoms with van der Waals surface area (Å²) in [4.78, 5) is 16.5. The van der Waals surface area contributed by atoms with E-state index >= 15 is 0 Å². The van der Waals surface area contributed by atoms with Gasteiger partial charge in [-0.15, -0.1) is 0 Å². The van der Waals surface area contributed by atoms with E-state index in [-0.39, 0.29) is 31.1 Å². The van der Waals surface area contributed by atoms with E-state index in [9.17, 15) is 4.79 Å². The first kappa shape index (κ1) is 18.8. The van der Waals surface area contributed by atoms with Gasteiger partial charge in [0.05, 0.1) is 5.60 Å². The number of carbonyl (C=O) groups excluding carboxylic acids is 1. The Bertz CT molecular complexity index is 341. The highest BCUT2D eigenvalue weighted by atomic mass is 32.1. The van der Waals surface area contributed by atoms with Crippen molar-refractivity contribution in [2.75, 3.05) is 32.7 Å². The molecule has 21 heavy (non-hydrogen) atoms. The lowest BCUT2D eigenvalue weighted by Crippen LogP contribution is -2.61. The lowest BCUT2D eigenvalue weighted by molar-refractivity contribution is -0.189. The summed E-state index contributed by atoms with van der Waals surface area (Å²) in [6.07, 6.45) is 3.10. The molecule has 2 saturated heterocycles. The van der Waals surface area contributed by atoms with Crippen molar-refractivity contribution in [2.45, 2.75) is 58.7 Å². The lowest BCUT2D eigenvalue weighted by Gasteiger charge is -2.49. The van der Waals surface area contributed by atoms with Crippen molar-refractivity contribution in [1.29, 1.82) is 0 Å². The van der Waals surface area contributed by atoms with Crippen LogP contribution in [0.25, 0.3) is 0 Å². The van der Waals surface area contributed by atoms with Crippen LogP contribution in [0.15, 0.2) is 0 Å². The summed E-state index contributed by atoms with van der Waals surface area (Å²) in [6.45, 7) is 13.5. The Morgan fingerprint density at radius 1 is 1.33 bits per heavy atom. The van der Waals surface area contributed by atoms with Crippen molar-refractivity contribution in [3.8, 4) is 0 Å². The van der Waals surface area contributed by atoms with Crippen LogP contribution in [0.3, 0.4) is 0 Å². The zero-order valence-electron chi connectivity index (χ0n) is 14.0. The Balaban J connectivity index is 0.00000220. The fourth-order valence-electron chi connectivity index (χ4n) is 3.31. The Hall–Kier alpha value is -0.260. The number of hydrogen-bond acceptors (Lipinski definition) is 3. The second-order valence-corrected chi connectivity index (χ2v) is 6.82. The zero-order valence-corrected chi connectivity index (χ0v) is 15.0. The molecular weight excluding hydrogens is 284 g/mol. The molecule has 5 heteroatoms. The lowest BCUT2D eigenvalue weighted by atomic mass is 9.88. The van der Waals surface area contributed by atoms with Gasteiger partial charge in [-0.2, -0.15) is 13.5 Å². The van der Waals surface area contributed by atoms with Crippen LogP contribution >= 0.6 is 13.5 Å². The molecule has 2 fully saturated rings. The van der Waals surface area contributed by atoms with E-state index in [1.54, 1.807) is 0 Å². The highest BCUT2D eigenvalue weighted by molar-refractivity contribution is 7.59. The highest BCUT2D eigenvalue weighted by Gasteiger charge is 2.44. The molecule has 0 aliphatic carbocycles. The number of hydrogen-bond donors (Lipinski definition) is 0. The maximum absolute atomic E-state index is 12.0. The SMILES string of the molecule is CCN1CC2(CCN(CCC(C)C)CC2)O[C@@H](C)C1=O.S. The van der Waals surface area contributed by atoms with E-state index in [0.717, 1.165) is 44.9 Å². The second kappa shape index (κ2) is 7.84. The molecule has 2 heterocycles. The van der Waals surface area contributed by atoms with Gasteiger partial charge >= 0.3 is 0 Å². The predicted octanol–water partition coefficient (Wildman–Crippen LogP) is 2.25. The molecule has 2 rings (SSSR count). The largest absolute Gasteiger partial charge is 0.360 e. The van der Waals surface area contributed by atoms with Crippen molar-refractivity contribution in [3.63, 3.8) is 0 Å². The van der Waals surface area contributed by atoms with Gasteiger partial charge in [0.15, 0.2) is 0 Å². The van der Waals surface area contributed by atoms with Gasteiger partial charge in [-0.05, 0) is 45.6 Å². The third-order valence-corrected chi connectivity index (χ3v) is 4.74. The normalized spacial score (nSPS) is 26.2. The molecule has 0 unspecified atom stereocenters. The fraction of sp³-hybridized carbons (Fsp3) is 0.938. The standard InChI is InChI=1S/C16H30N2O2.H2S/c1-5-18-12-16(20-14(4)15(18)19)7-10-17(11-8-16)9-6-13(2)3;/h13-14H,5-12H2,1-4H3;1H2/t14-;/m0./s1. The van der Waals surface area contributed by atoms with Crippen LogP contribution < -0.4 is 0 Å². The quantitative estimate of drug-likeness (QED) is 0.797. The van der Waals surface area contributed by atoms with Crippen molar-refractivity contribution in [1.82, 2.24) is 9.80 Å². The summed E-state index contributed by atoms with van der Waals surface area (Å²) in [5.74, 6) is 0.922. The summed E-state index contributed by atoms with van der Waals surface area (Å²) >= 11 is 0. The van der Waals surface area contributed by atoms with E-state index in [4.69, 9.17) is 4.74 Å². The molecule has 2 aliphatic rings. The third kappa shape index (κ3) is 4.60. The number of piperidine rings is 1. The molecule has 1 spiro atoms. The molecule has 4 nitrogen and oxygen atoms in total. The van der Waals surface area contributed by atoms with E-state index < -0.39 is 0 Å². The average molecular weight is 317 g/mol. The molecule has 0 N–H and O–H groups in total. The molecule has 124 valence electrons. The number of rotatable bonds is 4. The van der Waals surface area contributed by atoms with Gasteiger partial charge in [0.1, 0.15) is 6.10 Å². The van der Waals surface area contributed by atoms with E-state index in [2.05, 4.69) is 25.7 Å². The Labute approximate surface area is 136 Å². The number of amides is 1. The topological polar surface area (TPSA) is 32.8 Å². The Kier molecular flexibility index (Phi) is 7.01. The average Bonchev–Trinajstić information content (AvgIpc) is 2.42. The summed E-state index contributed by atoms with van der Waals surface area (Å²) in [5.41, 5.74) is -0.0856. The van der Waals surface area contributed by atoms with Gasteiger partial charge in [0.25, 0.3) is 5.91 Å². The molecule has 0 saturated carbocycles. The van der Waals surface area contributed by atoms with E-state index in [1.165, 1.54) is 13.0 Å². The number of morpholine rings is 1. The van der Waals surface area contributed by atoms with Gasteiger partial charge < -0.3 is 14.5 Å². The summed E-state index contributed by atoms with van der Waals surface area (Å²) in [6, 6.07) is 0. The minimum absolute atomic E-state index is 0. The van der Waals surface area contributed by atoms with Crippen molar-refractivity contribution in [2.24, 2.45) is 5.92 Å². The van der Waals surface area contributed by atoms with E-state index in [1.807, 2.05) is 11.8 Å². The first-order valence-corrected chi connectivity index (χ1v) is 8.15. The van der Waals surface area contributed by atoms with Crippen LogP contribution in [0.1, 0.15) is 47.0 Å². The minimum Gasteiger partial charge on any atom is -0.360 e.